The molecule has 0 aliphatic rings. The van der Waals surface area contributed by atoms with Crippen LogP contribution in [-0.4, -0.2) is 23.8 Å². The number of hydrogen-bond donors (Lipinski definition) is 2. The highest BCUT2D eigenvalue weighted by Gasteiger charge is 2.26. The molecule has 2 aromatic rings. The van der Waals surface area contributed by atoms with E-state index < -0.39 is 47.3 Å². The fourth-order valence-corrected chi connectivity index (χ4v) is 1.68. The molecule has 0 spiro atoms. The summed E-state index contributed by atoms with van der Waals surface area (Å²) < 4.78 is 65.6. The Kier molecular flexibility index (Phi) is 5.52. The first-order valence-electron chi connectivity index (χ1n) is 6.57. The normalized spacial score (nSPS) is 10.9. The van der Waals surface area contributed by atoms with E-state index in [-0.39, 0.29) is 11.3 Å². The van der Waals surface area contributed by atoms with E-state index in [0.717, 1.165) is 6.21 Å². The van der Waals surface area contributed by atoms with Crippen molar-refractivity contribution in [2.75, 3.05) is 11.9 Å². The molecule has 0 atom stereocenters. The average molecular weight is 360 g/mol. The Balaban J connectivity index is 2.01. The standard InChI is InChI=1S/C15H9F5N2O3/c16-10-11(17)13(19)15(14(20)12(10)18)22-9(24)6-25-21-5-7-3-1-2-4-8(7)23/h1-5,23H,6H2,(H,22,24)/b21-5+. The topological polar surface area (TPSA) is 70.9 Å². The van der Waals surface area contributed by atoms with Crippen LogP contribution in [0.15, 0.2) is 29.4 Å². The van der Waals surface area contributed by atoms with Gasteiger partial charge in [0, 0.05) is 5.56 Å². The lowest BCUT2D eigenvalue weighted by Crippen LogP contribution is -2.20. The van der Waals surface area contributed by atoms with Gasteiger partial charge >= 0.3 is 0 Å². The minimum Gasteiger partial charge on any atom is -0.507 e. The third-order valence-electron chi connectivity index (χ3n) is 2.87. The molecule has 0 aliphatic carbocycles. The van der Waals surface area contributed by atoms with E-state index in [9.17, 15) is 31.9 Å². The Morgan fingerprint density at radius 2 is 1.60 bits per heavy atom. The average Bonchev–Trinajstić information content (AvgIpc) is 2.60. The summed E-state index contributed by atoms with van der Waals surface area (Å²) in [6.07, 6.45) is 1.06. The molecular formula is C15H9F5N2O3. The van der Waals surface area contributed by atoms with Crippen LogP contribution >= 0.6 is 0 Å². The van der Waals surface area contributed by atoms with Crippen molar-refractivity contribution in [1.82, 2.24) is 0 Å². The lowest BCUT2D eigenvalue weighted by molar-refractivity contribution is -0.120. The highest BCUT2D eigenvalue weighted by molar-refractivity contribution is 5.92. The molecule has 132 valence electrons. The summed E-state index contributed by atoms with van der Waals surface area (Å²) in [6, 6.07) is 6.01. The molecule has 0 saturated carbocycles. The number of phenols is 1. The smallest absolute Gasteiger partial charge is 0.265 e. The van der Waals surface area contributed by atoms with Gasteiger partial charge in [0.2, 0.25) is 5.82 Å². The lowest BCUT2D eigenvalue weighted by Gasteiger charge is -2.09. The molecular weight excluding hydrogens is 351 g/mol. The van der Waals surface area contributed by atoms with E-state index >= 15 is 0 Å². The molecule has 2 aromatic carbocycles. The van der Waals surface area contributed by atoms with Crippen molar-refractivity contribution >= 4 is 17.8 Å². The molecule has 10 heteroatoms. The number of aromatic hydroxyl groups is 1. The largest absolute Gasteiger partial charge is 0.507 e. The first-order chi connectivity index (χ1) is 11.8. The minimum absolute atomic E-state index is 0.110. The van der Waals surface area contributed by atoms with E-state index in [2.05, 4.69) is 9.99 Å². The van der Waals surface area contributed by atoms with Crippen LogP contribution in [0.4, 0.5) is 27.6 Å². The van der Waals surface area contributed by atoms with Crippen molar-refractivity contribution in [3.63, 3.8) is 0 Å². The van der Waals surface area contributed by atoms with Gasteiger partial charge in [0.1, 0.15) is 11.4 Å². The zero-order valence-corrected chi connectivity index (χ0v) is 12.2. The second-order valence-corrected chi connectivity index (χ2v) is 4.56. The zero-order chi connectivity index (χ0) is 18.6. The van der Waals surface area contributed by atoms with Gasteiger partial charge in [0.05, 0.1) is 6.21 Å². The molecule has 0 saturated heterocycles. The maximum atomic E-state index is 13.4. The van der Waals surface area contributed by atoms with E-state index in [4.69, 9.17) is 0 Å². The summed E-state index contributed by atoms with van der Waals surface area (Å²) in [4.78, 5) is 16.0. The molecule has 25 heavy (non-hydrogen) atoms. The van der Waals surface area contributed by atoms with Crippen molar-refractivity contribution < 1.29 is 36.7 Å². The number of anilines is 1. The number of carbonyl (C=O) groups is 1. The Bertz CT molecular complexity index is 813. The monoisotopic (exact) mass is 360 g/mol. The molecule has 0 aromatic heterocycles. The number of oxime groups is 1. The number of halogens is 5. The predicted molar refractivity (Wildman–Crippen MR) is 76.5 cm³/mol. The molecule has 2 rings (SSSR count). The number of nitrogens with zero attached hydrogens (tertiary/aromatic N) is 1. The molecule has 0 unspecified atom stereocenters. The van der Waals surface area contributed by atoms with Gasteiger partial charge in [0.15, 0.2) is 29.9 Å². The van der Waals surface area contributed by atoms with E-state index in [1.54, 1.807) is 12.1 Å². The van der Waals surface area contributed by atoms with Gasteiger partial charge in [-0.1, -0.05) is 17.3 Å². The van der Waals surface area contributed by atoms with Crippen LogP contribution in [0.2, 0.25) is 0 Å². The maximum absolute atomic E-state index is 13.4. The molecule has 5 nitrogen and oxygen atoms in total. The number of carbonyl (C=O) groups excluding carboxylic acids is 1. The maximum Gasteiger partial charge on any atom is 0.265 e. The predicted octanol–water partition coefficient (Wildman–Crippen LogP) is 3.08. The third kappa shape index (κ3) is 4.03. The zero-order valence-electron chi connectivity index (χ0n) is 12.2. The van der Waals surface area contributed by atoms with Crippen molar-refractivity contribution in [2.24, 2.45) is 5.16 Å². The van der Waals surface area contributed by atoms with E-state index in [1.807, 2.05) is 0 Å². The Hall–Kier alpha value is -3.17. The van der Waals surface area contributed by atoms with Crippen LogP contribution in [0, 0.1) is 29.1 Å². The summed E-state index contributed by atoms with van der Waals surface area (Å²) in [5.41, 5.74) is -1.22. The SMILES string of the molecule is O=C(CO/N=C/c1ccccc1O)Nc1c(F)c(F)c(F)c(F)c1F. The van der Waals surface area contributed by atoms with Gasteiger partial charge in [-0.25, -0.2) is 22.0 Å². The number of phenolic OH excluding ortho intramolecular Hbond substituents is 1. The second-order valence-electron chi connectivity index (χ2n) is 4.56. The first-order valence-corrected chi connectivity index (χ1v) is 6.57. The molecule has 0 bridgehead atoms. The highest BCUT2D eigenvalue weighted by Crippen LogP contribution is 2.27. The number of hydrogen-bond acceptors (Lipinski definition) is 4. The molecule has 1 amide bonds. The fraction of sp³-hybridized carbons (Fsp3) is 0.0667. The van der Waals surface area contributed by atoms with Crippen molar-refractivity contribution in [3.05, 3.63) is 58.9 Å². The van der Waals surface area contributed by atoms with Gasteiger partial charge in [-0.15, -0.1) is 0 Å². The summed E-state index contributed by atoms with van der Waals surface area (Å²) in [5, 5.41) is 14.3. The van der Waals surface area contributed by atoms with Gasteiger partial charge in [-0.05, 0) is 12.1 Å². The van der Waals surface area contributed by atoms with Crippen LogP contribution in [-0.2, 0) is 9.63 Å². The Morgan fingerprint density at radius 3 is 2.20 bits per heavy atom. The van der Waals surface area contributed by atoms with Crippen LogP contribution < -0.4 is 5.32 Å². The summed E-state index contributed by atoms with van der Waals surface area (Å²) in [6.45, 7) is -0.871. The minimum atomic E-state index is -2.34. The second kappa shape index (κ2) is 7.60. The van der Waals surface area contributed by atoms with E-state index in [0.29, 0.717) is 0 Å². The molecule has 0 radical (unpaired) electrons. The molecule has 2 N–H and O–H groups in total. The van der Waals surface area contributed by atoms with Gasteiger partial charge in [-0.2, -0.15) is 0 Å². The summed E-state index contributed by atoms with van der Waals surface area (Å²) in [7, 11) is 0. The highest BCUT2D eigenvalue weighted by atomic mass is 19.2. The molecule has 0 aliphatic heterocycles. The van der Waals surface area contributed by atoms with Crippen LogP contribution in [0.1, 0.15) is 5.56 Å². The Morgan fingerprint density at radius 1 is 1.04 bits per heavy atom. The Labute approximate surface area is 137 Å². The molecule has 0 fully saturated rings. The van der Waals surface area contributed by atoms with Crippen molar-refractivity contribution in [2.45, 2.75) is 0 Å². The number of para-hydroxylation sites is 1. The van der Waals surface area contributed by atoms with Gasteiger partial charge in [0.25, 0.3) is 5.91 Å². The summed E-state index contributed by atoms with van der Waals surface area (Å²) in [5.74, 6) is -12.4. The number of amides is 1. The van der Waals surface area contributed by atoms with Crippen LogP contribution in [0.25, 0.3) is 0 Å². The van der Waals surface area contributed by atoms with Crippen molar-refractivity contribution in [3.8, 4) is 5.75 Å². The van der Waals surface area contributed by atoms with E-state index in [1.165, 1.54) is 17.4 Å². The summed E-state index contributed by atoms with van der Waals surface area (Å²) >= 11 is 0. The lowest BCUT2D eigenvalue weighted by atomic mass is 10.2. The molecule has 0 heterocycles. The van der Waals surface area contributed by atoms with Crippen LogP contribution in [0.3, 0.4) is 0 Å². The quantitative estimate of drug-likeness (QED) is 0.283. The third-order valence-corrected chi connectivity index (χ3v) is 2.87. The number of benzene rings is 2. The fourth-order valence-electron chi connectivity index (χ4n) is 1.68. The van der Waals surface area contributed by atoms with Crippen molar-refractivity contribution in [1.29, 1.82) is 0 Å². The van der Waals surface area contributed by atoms with Gasteiger partial charge in [-0.3, -0.25) is 4.79 Å². The van der Waals surface area contributed by atoms with Crippen LogP contribution in [0.5, 0.6) is 5.75 Å². The number of nitrogens with one attached hydrogen (secondary N) is 1. The van der Waals surface area contributed by atoms with Gasteiger partial charge < -0.3 is 15.3 Å². The first kappa shape index (κ1) is 18.2. The number of rotatable bonds is 5.